The Morgan fingerprint density at radius 3 is 2.54 bits per heavy atom. The molecule has 0 aliphatic carbocycles. The minimum absolute atomic E-state index is 0.0546. The molecular formula is C14H16N4O6. The van der Waals surface area contributed by atoms with Gasteiger partial charge in [-0.1, -0.05) is 0 Å². The highest BCUT2D eigenvalue weighted by molar-refractivity contribution is 6.17. The number of nitro benzene ring substituents is 1. The fourth-order valence-corrected chi connectivity index (χ4v) is 2.15. The fraction of sp³-hybridized carbons (Fsp3) is 0.286. The molecule has 4 N–H and O–H groups in total. The number of carbonyl (C=O) groups excluding carboxylic acids is 2. The summed E-state index contributed by atoms with van der Waals surface area (Å²) in [5.74, 6) is -1.21. The lowest BCUT2D eigenvalue weighted by atomic mass is 10.2. The number of carbonyl (C=O) groups is 2. The number of hydrogen-bond acceptors (Lipinski definition) is 8. The van der Waals surface area contributed by atoms with Crippen molar-refractivity contribution >= 4 is 28.9 Å². The maximum Gasteiger partial charge on any atom is 0.277 e. The SMILES string of the molecule is O=C1C=C(Nc2cc([N+](=O)[O-])ccc2NCCO)C(=O)N1CCO. The number of benzene rings is 1. The Bertz CT molecular complexity index is 703. The third-order valence-corrected chi connectivity index (χ3v) is 3.24. The van der Waals surface area contributed by atoms with Gasteiger partial charge in [-0.25, -0.2) is 0 Å². The van der Waals surface area contributed by atoms with Gasteiger partial charge in [-0.05, 0) is 6.07 Å². The lowest BCUT2D eigenvalue weighted by molar-refractivity contribution is -0.384. The molecule has 0 bridgehead atoms. The summed E-state index contributed by atoms with van der Waals surface area (Å²) in [6.07, 6.45) is 1.06. The smallest absolute Gasteiger partial charge is 0.277 e. The van der Waals surface area contributed by atoms with Gasteiger partial charge in [-0.3, -0.25) is 24.6 Å². The van der Waals surface area contributed by atoms with Gasteiger partial charge in [0.15, 0.2) is 0 Å². The summed E-state index contributed by atoms with van der Waals surface area (Å²) in [6.45, 7) is -0.446. The van der Waals surface area contributed by atoms with Crippen LogP contribution in [0.15, 0.2) is 30.0 Å². The van der Waals surface area contributed by atoms with Gasteiger partial charge < -0.3 is 20.8 Å². The van der Waals surface area contributed by atoms with Crippen molar-refractivity contribution in [3.8, 4) is 0 Å². The number of anilines is 2. The Morgan fingerprint density at radius 1 is 1.17 bits per heavy atom. The second-order valence-corrected chi connectivity index (χ2v) is 4.84. The zero-order valence-corrected chi connectivity index (χ0v) is 12.6. The second kappa shape index (κ2) is 7.53. The molecule has 24 heavy (non-hydrogen) atoms. The van der Waals surface area contributed by atoms with Crippen LogP contribution >= 0.6 is 0 Å². The molecule has 2 rings (SSSR count). The molecule has 1 aromatic rings. The molecule has 0 radical (unpaired) electrons. The van der Waals surface area contributed by atoms with Crippen LogP contribution < -0.4 is 10.6 Å². The molecule has 0 fully saturated rings. The van der Waals surface area contributed by atoms with E-state index in [1.165, 1.54) is 18.2 Å². The molecule has 0 saturated carbocycles. The number of aliphatic hydroxyl groups is 2. The summed E-state index contributed by atoms with van der Waals surface area (Å²) < 4.78 is 0. The number of nitrogens with one attached hydrogen (secondary N) is 2. The first-order valence-corrected chi connectivity index (χ1v) is 7.06. The highest BCUT2D eigenvalue weighted by atomic mass is 16.6. The van der Waals surface area contributed by atoms with Crippen molar-refractivity contribution in [2.24, 2.45) is 0 Å². The van der Waals surface area contributed by atoms with Gasteiger partial charge in [-0.2, -0.15) is 0 Å². The number of imide groups is 1. The number of aliphatic hydroxyl groups excluding tert-OH is 2. The average Bonchev–Trinajstić information content (AvgIpc) is 2.81. The zero-order chi connectivity index (χ0) is 17.7. The lowest BCUT2D eigenvalue weighted by Crippen LogP contribution is -2.34. The van der Waals surface area contributed by atoms with Crippen LogP contribution in [0.25, 0.3) is 0 Å². The molecule has 2 amide bonds. The van der Waals surface area contributed by atoms with E-state index in [2.05, 4.69) is 10.6 Å². The summed E-state index contributed by atoms with van der Waals surface area (Å²) in [5, 5.41) is 34.2. The predicted octanol–water partition coefficient (Wildman–Crippen LogP) is -0.344. The monoisotopic (exact) mass is 336 g/mol. The molecule has 0 unspecified atom stereocenters. The minimum atomic E-state index is -0.631. The number of non-ortho nitro benzene ring substituents is 1. The molecule has 1 aromatic carbocycles. The van der Waals surface area contributed by atoms with Crippen LogP contribution in [0.2, 0.25) is 0 Å². The van der Waals surface area contributed by atoms with Gasteiger partial charge in [0, 0.05) is 24.8 Å². The molecule has 10 nitrogen and oxygen atoms in total. The Kier molecular flexibility index (Phi) is 5.45. The first-order valence-electron chi connectivity index (χ1n) is 7.06. The van der Waals surface area contributed by atoms with Crippen molar-refractivity contribution in [2.75, 3.05) is 36.9 Å². The number of β-amino-alcohol motifs (C(OH)–C–C–N with tert-alkyl or cyclic N) is 1. The molecule has 0 spiro atoms. The quantitative estimate of drug-likeness (QED) is 0.286. The molecule has 1 heterocycles. The molecule has 1 aliphatic heterocycles. The molecule has 128 valence electrons. The molecule has 1 aliphatic rings. The Hall–Kier alpha value is -2.98. The number of amides is 2. The van der Waals surface area contributed by atoms with Crippen molar-refractivity contribution in [3.05, 3.63) is 40.1 Å². The van der Waals surface area contributed by atoms with Crippen LogP contribution in [0.5, 0.6) is 0 Å². The van der Waals surface area contributed by atoms with E-state index in [-0.39, 0.29) is 43.4 Å². The van der Waals surface area contributed by atoms with E-state index in [0.29, 0.717) is 5.69 Å². The van der Waals surface area contributed by atoms with Crippen LogP contribution in [0.4, 0.5) is 17.1 Å². The molecule has 0 aromatic heterocycles. The van der Waals surface area contributed by atoms with Crippen molar-refractivity contribution < 1.29 is 24.7 Å². The second-order valence-electron chi connectivity index (χ2n) is 4.84. The van der Waals surface area contributed by atoms with E-state index in [1.807, 2.05) is 0 Å². The summed E-state index contributed by atoms with van der Waals surface area (Å²) in [4.78, 5) is 35.0. The number of rotatable bonds is 8. The number of nitrogens with zero attached hydrogens (tertiary/aromatic N) is 2. The van der Waals surface area contributed by atoms with Gasteiger partial charge in [0.25, 0.3) is 17.5 Å². The third-order valence-electron chi connectivity index (χ3n) is 3.24. The van der Waals surface area contributed by atoms with Gasteiger partial charge in [-0.15, -0.1) is 0 Å². The summed E-state index contributed by atoms with van der Waals surface area (Å²) >= 11 is 0. The van der Waals surface area contributed by atoms with Crippen molar-refractivity contribution in [2.45, 2.75) is 0 Å². The maximum atomic E-state index is 12.1. The van der Waals surface area contributed by atoms with Crippen LogP contribution in [0, 0.1) is 10.1 Å². The van der Waals surface area contributed by atoms with E-state index in [1.54, 1.807) is 0 Å². The van der Waals surface area contributed by atoms with E-state index in [4.69, 9.17) is 10.2 Å². The van der Waals surface area contributed by atoms with E-state index < -0.39 is 16.7 Å². The lowest BCUT2D eigenvalue weighted by Gasteiger charge is -2.15. The fourth-order valence-electron chi connectivity index (χ4n) is 2.15. The first kappa shape index (κ1) is 17.4. The van der Waals surface area contributed by atoms with Crippen molar-refractivity contribution in [1.82, 2.24) is 4.90 Å². The molecular weight excluding hydrogens is 320 g/mol. The molecule has 10 heteroatoms. The first-order chi connectivity index (χ1) is 11.5. The Labute approximate surface area is 136 Å². The minimum Gasteiger partial charge on any atom is -0.395 e. The summed E-state index contributed by atoms with van der Waals surface area (Å²) in [7, 11) is 0. The van der Waals surface area contributed by atoms with Gasteiger partial charge in [0.2, 0.25) is 0 Å². The standard InChI is InChI=1S/C14H16N4O6/c19-5-3-15-10-2-1-9(18(23)24)7-11(10)16-12-8-13(21)17(4-6-20)14(12)22/h1-2,7-8,15-16,19-20H,3-6H2. The molecule has 0 saturated heterocycles. The largest absolute Gasteiger partial charge is 0.395 e. The van der Waals surface area contributed by atoms with Crippen LogP contribution in [0.1, 0.15) is 0 Å². The highest BCUT2D eigenvalue weighted by Crippen LogP contribution is 2.29. The zero-order valence-electron chi connectivity index (χ0n) is 12.6. The average molecular weight is 336 g/mol. The highest BCUT2D eigenvalue weighted by Gasteiger charge is 2.31. The Morgan fingerprint density at radius 2 is 1.92 bits per heavy atom. The van der Waals surface area contributed by atoms with Gasteiger partial charge >= 0.3 is 0 Å². The van der Waals surface area contributed by atoms with Crippen molar-refractivity contribution in [1.29, 1.82) is 0 Å². The number of hydrogen-bond donors (Lipinski definition) is 4. The van der Waals surface area contributed by atoms with E-state index in [0.717, 1.165) is 11.0 Å². The van der Waals surface area contributed by atoms with Gasteiger partial charge in [0.1, 0.15) is 5.70 Å². The summed E-state index contributed by atoms with van der Waals surface area (Å²) in [6, 6.07) is 3.93. The van der Waals surface area contributed by atoms with E-state index in [9.17, 15) is 19.7 Å². The van der Waals surface area contributed by atoms with Crippen LogP contribution in [-0.4, -0.2) is 58.2 Å². The predicted molar refractivity (Wildman–Crippen MR) is 84.2 cm³/mol. The topological polar surface area (TPSA) is 145 Å². The Balaban J connectivity index is 2.28. The normalized spacial score (nSPS) is 13.9. The number of nitro groups is 1. The summed E-state index contributed by atoms with van der Waals surface area (Å²) in [5.41, 5.74) is 0.393. The third kappa shape index (κ3) is 3.67. The van der Waals surface area contributed by atoms with Crippen molar-refractivity contribution in [3.63, 3.8) is 0 Å². The van der Waals surface area contributed by atoms with Crippen LogP contribution in [-0.2, 0) is 9.59 Å². The molecule has 0 atom stereocenters. The van der Waals surface area contributed by atoms with E-state index >= 15 is 0 Å². The van der Waals surface area contributed by atoms with Crippen LogP contribution in [0.3, 0.4) is 0 Å². The maximum absolute atomic E-state index is 12.1. The van der Waals surface area contributed by atoms with Gasteiger partial charge in [0.05, 0.1) is 36.1 Å².